The van der Waals surface area contributed by atoms with Crippen LogP contribution in [0, 0.1) is 0 Å². The Labute approximate surface area is 390 Å². The second-order valence-corrected chi connectivity index (χ2v) is 18.3. The number of rotatable bonds is 9. The van der Waals surface area contributed by atoms with Crippen LogP contribution in [0.3, 0.4) is 0 Å². The van der Waals surface area contributed by atoms with Gasteiger partial charge in [-0.25, -0.2) is 0 Å². The second kappa shape index (κ2) is 17.2. The van der Waals surface area contributed by atoms with Crippen LogP contribution in [0.1, 0.15) is 27.9 Å². The number of para-hydroxylation sites is 1. The lowest BCUT2D eigenvalue weighted by molar-refractivity contribution is 0.633. The highest BCUT2D eigenvalue weighted by Crippen LogP contribution is 2.59. The van der Waals surface area contributed by atoms with Crippen LogP contribution < -0.4 is 0 Å². The van der Waals surface area contributed by atoms with Crippen molar-refractivity contribution in [2.24, 2.45) is 0 Å². The molecule has 0 fully saturated rings. The predicted octanol–water partition coefficient (Wildman–Crippen LogP) is 18.1. The zero-order valence-electron chi connectivity index (χ0n) is 36.2. The van der Waals surface area contributed by atoms with E-state index in [1.165, 1.54) is 55.0 Å². The van der Waals surface area contributed by atoms with Gasteiger partial charge in [0.15, 0.2) is 0 Å². The van der Waals surface area contributed by atoms with Crippen molar-refractivity contribution in [3.05, 3.63) is 271 Å². The molecule has 12 rings (SSSR count). The Morgan fingerprint density at radius 3 is 1.38 bits per heavy atom. The average Bonchev–Trinajstić information content (AvgIpc) is 4.00. The summed E-state index contributed by atoms with van der Waals surface area (Å²) in [5, 5.41) is 1.38. The number of hydrogen-bond donors (Lipinski definition) is 0. The van der Waals surface area contributed by atoms with E-state index in [0.29, 0.717) is 0 Å². The first kappa shape index (κ1) is 39.7. The van der Waals surface area contributed by atoms with E-state index in [4.69, 9.17) is 4.42 Å². The van der Waals surface area contributed by atoms with Crippen molar-refractivity contribution in [1.82, 2.24) is 0 Å². The van der Waals surface area contributed by atoms with Crippen molar-refractivity contribution in [1.29, 1.82) is 0 Å². The van der Waals surface area contributed by atoms with Crippen LogP contribution in [0.15, 0.2) is 264 Å². The third-order valence-electron chi connectivity index (χ3n) is 13.1. The highest BCUT2D eigenvalue weighted by molar-refractivity contribution is 8.00. The van der Waals surface area contributed by atoms with Gasteiger partial charge in [0.2, 0.25) is 0 Å². The van der Waals surface area contributed by atoms with Crippen molar-refractivity contribution in [2.75, 3.05) is 0 Å². The van der Waals surface area contributed by atoms with Gasteiger partial charge in [-0.2, -0.15) is 0 Å². The largest absolute Gasteiger partial charge is 0.455 e. The first-order valence-electron chi connectivity index (χ1n) is 22.7. The zero-order valence-corrected chi connectivity index (χ0v) is 37.0. The molecule has 1 aromatic heterocycles. The summed E-state index contributed by atoms with van der Waals surface area (Å²) >= 11 is 2.01. The van der Waals surface area contributed by atoms with Gasteiger partial charge in [-0.3, -0.25) is 0 Å². The van der Waals surface area contributed by atoms with Crippen molar-refractivity contribution in [3.63, 3.8) is 0 Å². The number of fused-ring (bicyclic) bond motifs is 2. The average molecular weight is 861 g/mol. The SMILES string of the molecule is c1ccc(-c2cc(-c3cccc(-c4cccc5c4SC(c4ccccc4)C5c4ccccc4)c3)cc(-c3cccc(-c4cccc5c(-c6ccccc6)c(-c6ccccc6)oc45)c3)c2)cc1. The molecule has 66 heavy (non-hydrogen) atoms. The van der Waals surface area contributed by atoms with Gasteiger partial charge < -0.3 is 4.42 Å². The lowest BCUT2D eigenvalue weighted by atomic mass is 9.84. The highest BCUT2D eigenvalue weighted by Gasteiger charge is 2.37. The number of benzene rings is 10. The molecule has 0 saturated carbocycles. The van der Waals surface area contributed by atoms with Gasteiger partial charge >= 0.3 is 0 Å². The lowest BCUT2D eigenvalue weighted by Crippen LogP contribution is -2.05. The summed E-state index contributed by atoms with van der Waals surface area (Å²) in [4.78, 5) is 1.37. The quantitative estimate of drug-likeness (QED) is 0.143. The van der Waals surface area contributed by atoms with Crippen LogP contribution in [-0.2, 0) is 0 Å². The standard InChI is InChI=1S/C64H44OS/c1-6-20-43(21-7-1)52-40-53(48-30-16-32-50(38-48)55-34-18-36-57-59(44-22-8-2-9-23-44)61(65-62(55)57)46-26-12-4-13-27-46)42-54(41-52)49-31-17-33-51(39-49)56-35-19-37-58-60(45-24-10-3-11-25-45)63(66-64(56)58)47-28-14-5-15-29-47/h1-42,60,63H. The third kappa shape index (κ3) is 7.36. The molecule has 0 aliphatic carbocycles. The molecule has 1 aliphatic heterocycles. The second-order valence-electron chi connectivity index (χ2n) is 17.1. The number of thioether (sulfide) groups is 1. The molecular formula is C64H44OS. The van der Waals surface area contributed by atoms with E-state index in [0.717, 1.165) is 55.7 Å². The Balaban J connectivity index is 0.963. The van der Waals surface area contributed by atoms with Gasteiger partial charge in [-0.15, -0.1) is 11.8 Å². The molecule has 2 heteroatoms. The first-order chi connectivity index (χ1) is 32.7. The normalized spacial score (nSPS) is 14.3. The Morgan fingerprint density at radius 2 is 0.758 bits per heavy atom. The minimum atomic E-state index is 0.259. The minimum Gasteiger partial charge on any atom is -0.455 e. The predicted molar refractivity (Wildman–Crippen MR) is 278 cm³/mol. The number of hydrogen-bond acceptors (Lipinski definition) is 2. The van der Waals surface area contributed by atoms with Gasteiger partial charge in [-0.1, -0.05) is 224 Å². The fourth-order valence-electron chi connectivity index (χ4n) is 9.96. The molecule has 2 unspecified atom stereocenters. The van der Waals surface area contributed by atoms with Crippen LogP contribution in [0.5, 0.6) is 0 Å². The molecule has 1 nitrogen and oxygen atoms in total. The van der Waals surface area contributed by atoms with E-state index in [1.807, 2.05) is 11.8 Å². The van der Waals surface area contributed by atoms with E-state index in [9.17, 15) is 0 Å². The van der Waals surface area contributed by atoms with E-state index in [1.54, 1.807) is 0 Å². The van der Waals surface area contributed by atoms with Crippen LogP contribution >= 0.6 is 11.8 Å². The summed E-state index contributed by atoms with van der Waals surface area (Å²) in [6.07, 6.45) is 0. The monoisotopic (exact) mass is 860 g/mol. The van der Waals surface area contributed by atoms with Gasteiger partial charge in [0.25, 0.3) is 0 Å². The molecule has 0 N–H and O–H groups in total. The molecule has 0 amide bonds. The maximum Gasteiger partial charge on any atom is 0.143 e. The van der Waals surface area contributed by atoms with Crippen molar-refractivity contribution < 1.29 is 4.42 Å². The Bertz CT molecular complexity index is 3490. The molecule has 0 spiro atoms. The molecule has 0 radical (unpaired) electrons. The highest BCUT2D eigenvalue weighted by atomic mass is 32.2. The Kier molecular flexibility index (Phi) is 10.4. The molecule has 2 atom stereocenters. The Morgan fingerprint density at radius 1 is 0.318 bits per heavy atom. The zero-order chi connectivity index (χ0) is 43.8. The van der Waals surface area contributed by atoms with Crippen LogP contribution in [0.2, 0.25) is 0 Å². The smallest absolute Gasteiger partial charge is 0.143 e. The fourth-order valence-corrected chi connectivity index (χ4v) is 11.6. The molecule has 11 aromatic rings. The van der Waals surface area contributed by atoms with Crippen molar-refractivity contribution in [2.45, 2.75) is 16.1 Å². The lowest BCUT2D eigenvalue weighted by Gasteiger charge is -2.20. The van der Waals surface area contributed by atoms with Crippen LogP contribution in [0.4, 0.5) is 0 Å². The summed E-state index contributed by atoms with van der Waals surface area (Å²) < 4.78 is 6.96. The minimum absolute atomic E-state index is 0.259. The molecule has 2 heterocycles. The van der Waals surface area contributed by atoms with E-state index in [-0.39, 0.29) is 11.2 Å². The van der Waals surface area contributed by atoms with Crippen molar-refractivity contribution in [3.8, 4) is 78.1 Å². The number of furan rings is 1. The van der Waals surface area contributed by atoms with Crippen LogP contribution in [0.25, 0.3) is 89.1 Å². The van der Waals surface area contributed by atoms with Crippen molar-refractivity contribution >= 4 is 22.7 Å². The van der Waals surface area contributed by atoms with E-state index >= 15 is 0 Å². The van der Waals surface area contributed by atoms with E-state index < -0.39 is 0 Å². The summed E-state index contributed by atoms with van der Waals surface area (Å²) in [5.74, 6) is 1.14. The maximum atomic E-state index is 6.96. The fraction of sp³-hybridized carbons (Fsp3) is 0.0312. The van der Waals surface area contributed by atoms with Gasteiger partial charge in [-0.05, 0) is 103 Å². The molecule has 10 aromatic carbocycles. The first-order valence-corrected chi connectivity index (χ1v) is 23.6. The van der Waals surface area contributed by atoms with Gasteiger partial charge in [0.05, 0.1) is 0 Å². The maximum absolute atomic E-state index is 6.96. The van der Waals surface area contributed by atoms with Gasteiger partial charge in [0.1, 0.15) is 11.3 Å². The molecule has 0 saturated heterocycles. The van der Waals surface area contributed by atoms with Crippen LogP contribution in [-0.4, -0.2) is 0 Å². The van der Waals surface area contributed by atoms with Gasteiger partial charge in [0, 0.05) is 38.1 Å². The summed E-state index contributed by atoms with van der Waals surface area (Å²) in [7, 11) is 0. The molecular weight excluding hydrogens is 817 g/mol. The third-order valence-corrected chi connectivity index (χ3v) is 14.6. The van der Waals surface area contributed by atoms with E-state index in [2.05, 4.69) is 255 Å². The summed E-state index contributed by atoms with van der Waals surface area (Å²) in [6, 6.07) is 92.5. The Hall–Kier alpha value is -7.91. The molecule has 1 aliphatic rings. The topological polar surface area (TPSA) is 13.1 Å². The molecule has 312 valence electrons. The summed E-state index contributed by atoms with van der Waals surface area (Å²) in [5.41, 5.74) is 20.0. The summed E-state index contributed by atoms with van der Waals surface area (Å²) in [6.45, 7) is 0. The molecule has 0 bridgehead atoms.